The predicted molar refractivity (Wildman–Crippen MR) is 135 cm³/mol. The molecule has 2 aromatic carbocycles. The van der Waals surface area contributed by atoms with Crippen molar-refractivity contribution in [1.82, 2.24) is 9.88 Å². The molecule has 2 atom stereocenters. The topological polar surface area (TPSA) is 56.3 Å². The van der Waals surface area contributed by atoms with Crippen LogP contribution in [0.15, 0.2) is 42.5 Å². The lowest BCUT2D eigenvalue weighted by Gasteiger charge is -2.50. The minimum atomic E-state index is -4.27. The van der Waals surface area contributed by atoms with Gasteiger partial charge in [0.2, 0.25) is 0 Å². The SMILES string of the molecule is CC1Cc2c([nH]c3ccccc23)C(c2c(F)cc(/C=C/C(=O)O)cc2F)N1CC1(CCC(F)(F)F)CCC1. The summed E-state index contributed by atoms with van der Waals surface area (Å²) in [5.74, 6) is -2.90. The van der Waals surface area contributed by atoms with E-state index in [1.807, 2.05) is 36.1 Å². The molecule has 2 aliphatic rings. The Morgan fingerprint density at radius 2 is 1.87 bits per heavy atom. The Bertz CT molecular complexity index is 1370. The van der Waals surface area contributed by atoms with Gasteiger partial charge in [-0.05, 0) is 73.4 Å². The monoisotopic (exact) mass is 532 g/mol. The average molecular weight is 533 g/mol. The first kappa shape index (κ1) is 26.4. The average Bonchev–Trinajstić information content (AvgIpc) is 3.17. The van der Waals surface area contributed by atoms with Gasteiger partial charge in [0.1, 0.15) is 11.6 Å². The number of carbonyl (C=O) groups is 1. The Morgan fingerprint density at radius 1 is 1.18 bits per heavy atom. The van der Waals surface area contributed by atoms with Crippen LogP contribution in [0.1, 0.15) is 67.5 Å². The summed E-state index contributed by atoms with van der Waals surface area (Å²) in [5.41, 5.74) is 1.72. The van der Waals surface area contributed by atoms with E-state index in [0.717, 1.165) is 47.2 Å². The van der Waals surface area contributed by atoms with Crippen LogP contribution < -0.4 is 0 Å². The number of hydrogen-bond donors (Lipinski definition) is 2. The van der Waals surface area contributed by atoms with Gasteiger partial charge in [-0.25, -0.2) is 13.6 Å². The summed E-state index contributed by atoms with van der Waals surface area (Å²) in [7, 11) is 0. The lowest BCUT2D eigenvalue weighted by Crippen LogP contribution is -2.51. The third-order valence-electron chi connectivity index (χ3n) is 8.18. The number of aliphatic carboxylic acids is 1. The summed E-state index contributed by atoms with van der Waals surface area (Å²) >= 11 is 0. The van der Waals surface area contributed by atoms with Gasteiger partial charge in [0.05, 0.1) is 6.04 Å². The first-order chi connectivity index (χ1) is 18.0. The minimum Gasteiger partial charge on any atom is -0.478 e. The highest BCUT2D eigenvalue weighted by molar-refractivity contribution is 5.86. The molecule has 202 valence electrons. The van der Waals surface area contributed by atoms with Crippen LogP contribution in [0, 0.1) is 17.0 Å². The van der Waals surface area contributed by atoms with Gasteiger partial charge in [-0.2, -0.15) is 13.2 Å². The quantitative estimate of drug-likeness (QED) is 0.246. The van der Waals surface area contributed by atoms with Crippen molar-refractivity contribution in [3.05, 3.63) is 76.5 Å². The number of nitrogens with one attached hydrogen (secondary N) is 1. The number of para-hydroxylation sites is 1. The summed E-state index contributed by atoms with van der Waals surface area (Å²) in [6.07, 6.45) is -0.541. The molecule has 0 amide bonds. The fourth-order valence-corrected chi connectivity index (χ4v) is 6.15. The molecular weight excluding hydrogens is 503 g/mol. The number of hydrogen-bond acceptors (Lipinski definition) is 2. The van der Waals surface area contributed by atoms with Crippen molar-refractivity contribution >= 4 is 22.9 Å². The van der Waals surface area contributed by atoms with Crippen molar-refractivity contribution < 1.29 is 31.9 Å². The number of rotatable bonds is 7. The molecule has 0 saturated heterocycles. The zero-order chi connectivity index (χ0) is 27.2. The standard InChI is InChI=1S/C29H29F5N2O2/c1-17-13-20-19-5-2-3-6-23(19)35-26(20)27(25-21(30)14-18(15-22(25)31)7-8-24(37)38)36(17)16-28(9-4-10-28)11-12-29(32,33)34/h2-3,5-8,14-15,17,27,35H,4,9-13,16H2,1H3,(H,37,38)/b8-7+. The fourth-order valence-electron chi connectivity index (χ4n) is 6.15. The number of nitrogens with zero attached hydrogens (tertiary/aromatic N) is 1. The maximum atomic E-state index is 15.7. The normalized spacial score (nSPS) is 21.5. The molecule has 3 aromatic rings. The number of aromatic amines is 1. The van der Waals surface area contributed by atoms with Gasteiger partial charge in [0, 0.05) is 47.2 Å². The van der Waals surface area contributed by atoms with E-state index < -0.39 is 41.7 Å². The molecule has 2 unspecified atom stereocenters. The molecule has 1 aromatic heterocycles. The molecule has 2 N–H and O–H groups in total. The number of aromatic nitrogens is 1. The molecule has 1 aliphatic carbocycles. The Hall–Kier alpha value is -3.20. The van der Waals surface area contributed by atoms with Crippen molar-refractivity contribution in [3.8, 4) is 0 Å². The van der Waals surface area contributed by atoms with E-state index in [1.165, 1.54) is 0 Å². The molecule has 5 rings (SSSR count). The van der Waals surface area contributed by atoms with Gasteiger partial charge < -0.3 is 10.1 Å². The number of alkyl halides is 3. The Balaban J connectivity index is 1.61. The van der Waals surface area contributed by atoms with E-state index >= 15 is 8.78 Å². The first-order valence-corrected chi connectivity index (χ1v) is 12.8. The summed E-state index contributed by atoms with van der Waals surface area (Å²) in [4.78, 5) is 16.2. The van der Waals surface area contributed by atoms with Crippen LogP contribution in [-0.4, -0.2) is 39.7 Å². The molecule has 0 radical (unpaired) electrons. The van der Waals surface area contributed by atoms with Crippen LogP contribution in [-0.2, 0) is 11.2 Å². The van der Waals surface area contributed by atoms with Gasteiger partial charge in [-0.15, -0.1) is 0 Å². The predicted octanol–water partition coefficient (Wildman–Crippen LogP) is 7.39. The lowest BCUT2D eigenvalue weighted by molar-refractivity contribution is -0.146. The van der Waals surface area contributed by atoms with E-state index in [2.05, 4.69) is 4.98 Å². The number of carboxylic acid groups (broad SMARTS) is 1. The van der Waals surface area contributed by atoms with Crippen LogP contribution in [0.3, 0.4) is 0 Å². The summed E-state index contributed by atoms with van der Waals surface area (Å²) in [6.45, 7) is 2.25. The van der Waals surface area contributed by atoms with Crippen LogP contribution in [0.2, 0.25) is 0 Å². The Labute approximate surface area is 217 Å². The van der Waals surface area contributed by atoms with Crippen LogP contribution in [0.4, 0.5) is 22.0 Å². The van der Waals surface area contributed by atoms with Crippen molar-refractivity contribution in [2.75, 3.05) is 6.54 Å². The summed E-state index contributed by atoms with van der Waals surface area (Å²) < 4.78 is 70.8. The fraction of sp³-hybridized carbons (Fsp3) is 0.414. The molecular formula is C29H29F5N2O2. The molecule has 9 heteroatoms. The number of carboxylic acids is 1. The molecule has 38 heavy (non-hydrogen) atoms. The van der Waals surface area contributed by atoms with E-state index in [9.17, 15) is 18.0 Å². The second-order valence-electron chi connectivity index (χ2n) is 10.7. The van der Waals surface area contributed by atoms with Gasteiger partial charge >= 0.3 is 12.1 Å². The Morgan fingerprint density at radius 3 is 2.47 bits per heavy atom. The molecule has 1 aliphatic heterocycles. The molecule has 2 heterocycles. The summed E-state index contributed by atoms with van der Waals surface area (Å²) in [6, 6.07) is 8.75. The van der Waals surface area contributed by atoms with Crippen LogP contribution in [0.25, 0.3) is 17.0 Å². The molecule has 0 bridgehead atoms. The van der Waals surface area contributed by atoms with Crippen molar-refractivity contribution in [2.45, 2.75) is 63.7 Å². The van der Waals surface area contributed by atoms with Crippen molar-refractivity contribution in [1.29, 1.82) is 0 Å². The second kappa shape index (κ2) is 9.84. The molecule has 0 spiro atoms. The highest BCUT2D eigenvalue weighted by Gasteiger charge is 2.46. The summed E-state index contributed by atoms with van der Waals surface area (Å²) in [5, 5.41) is 9.84. The van der Waals surface area contributed by atoms with Gasteiger partial charge in [-0.3, -0.25) is 4.90 Å². The number of halogens is 5. The molecule has 1 saturated carbocycles. The minimum absolute atomic E-state index is 0.0180. The lowest BCUT2D eigenvalue weighted by atomic mass is 9.65. The van der Waals surface area contributed by atoms with Gasteiger partial charge in [0.15, 0.2) is 0 Å². The Kier molecular flexibility index (Phi) is 6.84. The van der Waals surface area contributed by atoms with Crippen LogP contribution in [0.5, 0.6) is 0 Å². The number of fused-ring (bicyclic) bond motifs is 3. The maximum absolute atomic E-state index is 15.7. The zero-order valence-electron chi connectivity index (χ0n) is 20.9. The van der Waals surface area contributed by atoms with E-state index in [4.69, 9.17) is 5.11 Å². The maximum Gasteiger partial charge on any atom is 0.389 e. The van der Waals surface area contributed by atoms with Crippen molar-refractivity contribution in [2.24, 2.45) is 5.41 Å². The largest absolute Gasteiger partial charge is 0.478 e. The number of benzene rings is 2. The third kappa shape index (κ3) is 5.08. The van der Waals surface area contributed by atoms with E-state index in [1.54, 1.807) is 0 Å². The van der Waals surface area contributed by atoms with Crippen molar-refractivity contribution in [3.63, 3.8) is 0 Å². The molecule has 1 fully saturated rings. The second-order valence-corrected chi connectivity index (χ2v) is 10.7. The zero-order valence-corrected chi connectivity index (χ0v) is 20.9. The third-order valence-corrected chi connectivity index (χ3v) is 8.18. The van der Waals surface area contributed by atoms with E-state index in [0.29, 0.717) is 31.5 Å². The number of H-pyrrole nitrogens is 1. The van der Waals surface area contributed by atoms with Gasteiger partial charge in [0.25, 0.3) is 0 Å². The highest BCUT2D eigenvalue weighted by atomic mass is 19.4. The molecule has 4 nitrogen and oxygen atoms in total. The highest BCUT2D eigenvalue weighted by Crippen LogP contribution is 2.51. The smallest absolute Gasteiger partial charge is 0.389 e. The van der Waals surface area contributed by atoms with E-state index in [-0.39, 0.29) is 23.6 Å². The van der Waals surface area contributed by atoms with Gasteiger partial charge in [-0.1, -0.05) is 24.6 Å². The van der Waals surface area contributed by atoms with Crippen LogP contribution >= 0.6 is 0 Å². The first-order valence-electron chi connectivity index (χ1n) is 12.8.